The van der Waals surface area contributed by atoms with E-state index in [-0.39, 0.29) is 5.69 Å². The average molecular weight is 313 g/mol. The third-order valence-electron chi connectivity index (χ3n) is 3.29. The molecule has 0 atom stereocenters. The van der Waals surface area contributed by atoms with Crippen molar-refractivity contribution in [1.82, 2.24) is 9.55 Å². The minimum atomic E-state index is -1.06. The number of hydrogen-bond acceptors (Lipinski definition) is 2. The Hall–Kier alpha value is -2.59. The Bertz CT molecular complexity index is 792. The molecule has 110 valence electrons. The van der Waals surface area contributed by atoms with E-state index in [0.717, 1.165) is 16.8 Å². The Morgan fingerprint density at radius 2 is 1.95 bits per heavy atom. The van der Waals surface area contributed by atoms with Gasteiger partial charge < -0.3 is 5.11 Å². The molecular formula is C17H13ClN2O2. The molecular weight excluding hydrogens is 300 g/mol. The van der Waals surface area contributed by atoms with E-state index in [1.165, 1.54) is 6.20 Å². The largest absolute Gasteiger partial charge is 0.476 e. The van der Waals surface area contributed by atoms with Crippen LogP contribution >= 0.6 is 11.6 Å². The third-order valence-corrected chi connectivity index (χ3v) is 3.52. The number of carbonyl (C=O) groups is 1. The highest BCUT2D eigenvalue weighted by Crippen LogP contribution is 2.25. The quantitative estimate of drug-likeness (QED) is 0.788. The Morgan fingerprint density at radius 3 is 2.64 bits per heavy atom. The number of aromatic carboxylic acids is 1. The van der Waals surface area contributed by atoms with E-state index in [2.05, 4.69) is 4.98 Å². The van der Waals surface area contributed by atoms with Crippen molar-refractivity contribution in [1.29, 1.82) is 0 Å². The first-order valence-electron chi connectivity index (χ1n) is 6.70. The number of hydrogen-bond donors (Lipinski definition) is 1. The number of halogens is 1. The van der Waals surface area contributed by atoms with Gasteiger partial charge in [-0.3, -0.25) is 4.57 Å². The Labute approximate surface area is 132 Å². The number of aryl methyl sites for hydroxylation is 1. The van der Waals surface area contributed by atoms with Crippen molar-refractivity contribution in [2.45, 2.75) is 6.92 Å². The lowest BCUT2D eigenvalue weighted by Crippen LogP contribution is -1.96. The molecule has 0 spiro atoms. The van der Waals surface area contributed by atoms with Crippen LogP contribution < -0.4 is 0 Å². The van der Waals surface area contributed by atoms with E-state index in [1.807, 2.05) is 43.3 Å². The molecule has 0 aliphatic heterocycles. The van der Waals surface area contributed by atoms with Crippen molar-refractivity contribution in [3.8, 4) is 17.1 Å². The zero-order valence-electron chi connectivity index (χ0n) is 11.8. The molecule has 1 N–H and O–H groups in total. The monoisotopic (exact) mass is 312 g/mol. The fourth-order valence-electron chi connectivity index (χ4n) is 2.29. The van der Waals surface area contributed by atoms with E-state index in [1.54, 1.807) is 16.7 Å². The van der Waals surface area contributed by atoms with Gasteiger partial charge in [-0.2, -0.15) is 0 Å². The normalized spacial score (nSPS) is 10.6. The van der Waals surface area contributed by atoms with Gasteiger partial charge in [-0.25, -0.2) is 9.78 Å². The maximum atomic E-state index is 11.3. The maximum Gasteiger partial charge on any atom is 0.356 e. The second-order valence-corrected chi connectivity index (χ2v) is 5.41. The number of benzene rings is 2. The fourth-order valence-corrected chi connectivity index (χ4v) is 2.48. The van der Waals surface area contributed by atoms with Gasteiger partial charge in [0.05, 0.1) is 0 Å². The first kappa shape index (κ1) is 14.4. The van der Waals surface area contributed by atoms with Gasteiger partial charge in [0.25, 0.3) is 0 Å². The number of rotatable bonds is 3. The van der Waals surface area contributed by atoms with Gasteiger partial charge in [0, 0.05) is 22.5 Å². The number of aromatic nitrogens is 2. The van der Waals surface area contributed by atoms with Crippen LogP contribution in [0, 0.1) is 6.92 Å². The van der Waals surface area contributed by atoms with Gasteiger partial charge in [0.2, 0.25) is 0 Å². The topological polar surface area (TPSA) is 55.1 Å². The first-order chi connectivity index (χ1) is 10.5. The van der Waals surface area contributed by atoms with Crippen LogP contribution in [0.2, 0.25) is 5.02 Å². The average Bonchev–Trinajstić information content (AvgIpc) is 2.92. The molecule has 0 aliphatic rings. The SMILES string of the molecule is Cc1cccc(-c2nc(C(=O)O)cn2-c2cccc(Cl)c2)c1. The molecule has 0 saturated carbocycles. The van der Waals surface area contributed by atoms with Crippen molar-refractivity contribution >= 4 is 17.6 Å². The Kier molecular flexibility index (Phi) is 3.69. The Morgan fingerprint density at radius 1 is 1.18 bits per heavy atom. The molecule has 3 rings (SSSR count). The molecule has 5 heteroatoms. The summed E-state index contributed by atoms with van der Waals surface area (Å²) in [5, 5.41) is 9.81. The predicted molar refractivity (Wildman–Crippen MR) is 85.7 cm³/mol. The van der Waals surface area contributed by atoms with Crippen LogP contribution in [0.3, 0.4) is 0 Å². The van der Waals surface area contributed by atoms with Crippen molar-refractivity contribution in [2.75, 3.05) is 0 Å². The van der Waals surface area contributed by atoms with Gasteiger partial charge >= 0.3 is 5.97 Å². The highest BCUT2D eigenvalue weighted by Gasteiger charge is 2.16. The summed E-state index contributed by atoms with van der Waals surface area (Å²) in [4.78, 5) is 15.5. The van der Waals surface area contributed by atoms with Gasteiger partial charge in [-0.05, 0) is 31.2 Å². The van der Waals surface area contributed by atoms with E-state index in [4.69, 9.17) is 11.6 Å². The number of nitrogens with zero attached hydrogens (tertiary/aromatic N) is 2. The number of carboxylic acid groups (broad SMARTS) is 1. The van der Waals surface area contributed by atoms with Crippen LogP contribution in [0.25, 0.3) is 17.1 Å². The zero-order valence-corrected chi connectivity index (χ0v) is 12.6. The predicted octanol–water partition coefficient (Wildman–Crippen LogP) is 4.20. The molecule has 22 heavy (non-hydrogen) atoms. The van der Waals surface area contributed by atoms with Crippen molar-refractivity contribution in [2.24, 2.45) is 0 Å². The van der Waals surface area contributed by atoms with Crippen molar-refractivity contribution in [3.63, 3.8) is 0 Å². The molecule has 0 radical (unpaired) electrons. The number of carboxylic acids is 1. The molecule has 3 aromatic rings. The molecule has 1 aromatic heterocycles. The summed E-state index contributed by atoms with van der Waals surface area (Å²) < 4.78 is 1.74. The lowest BCUT2D eigenvalue weighted by Gasteiger charge is -2.08. The highest BCUT2D eigenvalue weighted by molar-refractivity contribution is 6.30. The van der Waals surface area contributed by atoms with Gasteiger partial charge in [-0.1, -0.05) is 41.4 Å². The smallest absolute Gasteiger partial charge is 0.356 e. The zero-order chi connectivity index (χ0) is 15.7. The van der Waals surface area contributed by atoms with Crippen LogP contribution in [0.1, 0.15) is 16.1 Å². The van der Waals surface area contributed by atoms with Gasteiger partial charge in [-0.15, -0.1) is 0 Å². The molecule has 1 heterocycles. The van der Waals surface area contributed by atoms with Crippen LogP contribution in [0.5, 0.6) is 0 Å². The maximum absolute atomic E-state index is 11.3. The summed E-state index contributed by atoms with van der Waals surface area (Å²) in [7, 11) is 0. The van der Waals surface area contributed by atoms with Gasteiger partial charge in [0.1, 0.15) is 5.82 Å². The minimum Gasteiger partial charge on any atom is -0.476 e. The Balaban J connectivity index is 2.22. The van der Waals surface area contributed by atoms with Crippen LogP contribution in [0.15, 0.2) is 54.7 Å². The van der Waals surface area contributed by atoms with E-state index in [0.29, 0.717) is 10.8 Å². The second kappa shape index (κ2) is 5.66. The standard InChI is InChI=1S/C17H13ClN2O2/c1-11-4-2-5-12(8-11)16-19-15(17(21)22)10-20(16)14-7-3-6-13(18)9-14/h2-10H,1H3,(H,21,22). The second-order valence-electron chi connectivity index (χ2n) is 4.97. The third kappa shape index (κ3) is 2.73. The van der Waals surface area contributed by atoms with Crippen molar-refractivity contribution in [3.05, 3.63) is 71.0 Å². The summed E-state index contributed by atoms with van der Waals surface area (Å²) >= 11 is 6.04. The molecule has 0 saturated heterocycles. The number of imidazole rings is 1. The first-order valence-corrected chi connectivity index (χ1v) is 7.08. The minimum absolute atomic E-state index is 0.00326. The van der Waals surface area contributed by atoms with Gasteiger partial charge in [0.15, 0.2) is 5.69 Å². The summed E-state index contributed by atoms with van der Waals surface area (Å²) in [5.74, 6) is -0.488. The highest BCUT2D eigenvalue weighted by atomic mass is 35.5. The van der Waals surface area contributed by atoms with Crippen LogP contribution in [-0.2, 0) is 0 Å². The summed E-state index contributed by atoms with van der Waals surface area (Å²) in [6.45, 7) is 1.98. The van der Waals surface area contributed by atoms with E-state index < -0.39 is 5.97 Å². The summed E-state index contributed by atoms with van der Waals surface area (Å²) in [6.07, 6.45) is 1.51. The molecule has 2 aromatic carbocycles. The van der Waals surface area contributed by atoms with E-state index in [9.17, 15) is 9.90 Å². The lowest BCUT2D eigenvalue weighted by molar-refractivity contribution is 0.0691. The molecule has 0 unspecified atom stereocenters. The fraction of sp³-hybridized carbons (Fsp3) is 0.0588. The molecule has 0 amide bonds. The molecule has 4 nitrogen and oxygen atoms in total. The summed E-state index contributed by atoms with van der Waals surface area (Å²) in [5.41, 5.74) is 2.70. The molecule has 0 bridgehead atoms. The van der Waals surface area contributed by atoms with E-state index >= 15 is 0 Å². The van der Waals surface area contributed by atoms with Crippen LogP contribution in [0.4, 0.5) is 0 Å². The lowest BCUT2D eigenvalue weighted by atomic mass is 10.1. The van der Waals surface area contributed by atoms with Crippen LogP contribution in [-0.4, -0.2) is 20.6 Å². The van der Waals surface area contributed by atoms with Crippen molar-refractivity contribution < 1.29 is 9.90 Å². The molecule has 0 aliphatic carbocycles. The molecule has 0 fully saturated rings. The summed E-state index contributed by atoms with van der Waals surface area (Å²) in [6, 6.07) is 15.0.